The van der Waals surface area contributed by atoms with Crippen LogP contribution in [0.1, 0.15) is 43.2 Å². The molecule has 1 aromatic heterocycles. The van der Waals surface area contributed by atoms with E-state index >= 15 is 0 Å². The van der Waals surface area contributed by atoms with Crippen molar-refractivity contribution >= 4 is 0 Å². The second kappa shape index (κ2) is 6.35. The number of hydrogen-bond acceptors (Lipinski definition) is 3. The molecule has 114 valence electrons. The predicted molar refractivity (Wildman–Crippen MR) is 85.5 cm³/mol. The lowest BCUT2D eigenvalue weighted by molar-refractivity contribution is 0.299. The van der Waals surface area contributed by atoms with E-state index in [0.717, 1.165) is 17.1 Å². The molecule has 3 heteroatoms. The molecule has 0 atom stereocenters. The minimum Gasteiger partial charge on any atom is -0.489 e. The Balaban J connectivity index is 1.97. The Bertz CT molecular complexity index is 594. The van der Waals surface area contributed by atoms with Crippen molar-refractivity contribution in [2.24, 2.45) is 0 Å². The topological polar surface area (TPSA) is 34.4 Å². The average molecular weight is 287 g/mol. The zero-order valence-electron chi connectivity index (χ0n) is 13.6. The SMILES string of the molecule is Cc1ccc(OCc2ccoc2CNC(C)(C)C)cc1C. The number of benzene rings is 1. The smallest absolute Gasteiger partial charge is 0.124 e. The Kier molecular flexibility index (Phi) is 4.73. The molecule has 0 unspecified atom stereocenters. The fraction of sp³-hybridized carbons (Fsp3) is 0.444. The van der Waals surface area contributed by atoms with Gasteiger partial charge < -0.3 is 14.5 Å². The quantitative estimate of drug-likeness (QED) is 0.887. The molecule has 0 amide bonds. The summed E-state index contributed by atoms with van der Waals surface area (Å²) in [7, 11) is 0. The second-order valence-corrected chi connectivity index (χ2v) is 6.51. The molecule has 0 aliphatic carbocycles. The van der Waals surface area contributed by atoms with E-state index < -0.39 is 0 Å². The molecule has 0 radical (unpaired) electrons. The predicted octanol–water partition coefficient (Wildman–Crippen LogP) is 4.36. The molecular formula is C18H25NO2. The first kappa shape index (κ1) is 15.6. The fourth-order valence-electron chi connectivity index (χ4n) is 1.96. The lowest BCUT2D eigenvalue weighted by atomic mass is 10.1. The van der Waals surface area contributed by atoms with Crippen molar-refractivity contribution in [3.05, 3.63) is 53.0 Å². The van der Waals surface area contributed by atoms with Crippen LogP contribution >= 0.6 is 0 Å². The third-order valence-electron chi connectivity index (χ3n) is 3.49. The van der Waals surface area contributed by atoms with Crippen LogP contribution in [0.3, 0.4) is 0 Å². The summed E-state index contributed by atoms with van der Waals surface area (Å²) in [6.07, 6.45) is 1.72. The number of hydrogen-bond donors (Lipinski definition) is 1. The van der Waals surface area contributed by atoms with E-state index in [1.165, 1.54) is 11.1 Å². The van der Waals surface area contributed by atoms with Crippen molar-refractivity contribution in [3.8, 4) is 5.75 Å². The molecule has 0 aliphatic heterocycles. The molecule has 0 aliphatic rings. The first-order chi connectivity index (χ1) is 9.85. The zero-order valence-corrected chi connectivity index (χ0v) is 13.6. The van der Waals surface area contributed by atoms with Gasteiger partial charge in [-0.2, -0.15) is 0 Å². The highest BCUT2D eigenvalue weighted by Gasteiger charge is 2.13. The summed E-state index contributed by atoms with van der Waals surface area (Å²) in [6, 6.07) is 8.14. The van der Waals surface area contributed by atoms with Gasteiger partial charge in [-0.15, -0.1) is 0 Å². The summed E-state index contributed by atoms with van der Waals surface area (Å²) in [4.78, 5) is 0. The van der Waals surface area contributed by atoms with Crippen molar-refractivity contribution in [2.75, 3.05) is 0 Å². The minimum atomic E-state index is 0.0684. The number of rotatable bonds is 5. The molecule has 2 aromatic rings. The summed E-state index contributed by atoms with van der Waals surface area (Å²) in [5.74, 6) is 1.84. The standard InChI is InChI=1S/C18H25NO2/c1-13-6-7-16(10-14(13)2)21-12-15-8-9-20-17(15)11-19-18(3,4)5/h6-10,19H,11-12H2,1-5H3. The van der Waals surface area contributed by atoms with Crippen LogP contribution in [0.25, 0.3) is 0 Å². The van der Waals surface area contributed by atoms with Crippen LogP contribution in [0.2, 0.25) is 0 Å². The Morgan fingerprint density at radius 3 is 2.52 bits per heavy atom. The van der Waals surface area contributed by atoms with Gasteiger partial charge in [0.15, 0.2) is 0 Å². The lowest BCUT2D eigenvalue weighted by Gasteiger charge is -2.20. The molecule has 1 aromatic carbocycles. The van der Waals surface area contributed by atoms with Crippen LogP contribution in [0.4, 0.5) is 0 Å². The van der Waals surface area contributed by atoms with E-state index in [4.69, 9.17) is 9.15 Å². The number of aryl methyl sites for hydroxylation is 2. The van der Waals surface area contributed by atoms with Crippen LogP contribution in [0.15, 0.2) is 34.9 Å². The maximum atomic E-state index is 5.87. The molecule has 0 bridgehead atoms. The summed E-state index contributed by atoms with van der Waals surface area (Å²) >= 11 is 0. The maximum absolute atomic E-state index is 5.87. The third kappa shape index (κ3) is 4.64. The summed E-state index contributed by atoms with van der Waals surface area (Å²) in [5, 5.41) is 3.43. The van der Waals surface area contributed by atoms with Crippen LogP contribution in [-0.4, -0.2) is 5.54 Å². The molecule has 0 saturated heterocycles. The molecule has 0 spiro atoms. The van der Waals surface area contributed by atoms with Crippen LogP contribution < -0.4 is 10.1 Å². The van der Waals surface area contributed by atoms with Crippen molar-refractivity contribution < 1.29 is 9.15 Å². The number of ether oxygens (including phenoxy) is 1. The highest BCUT2D eigenvalue weighted by Crippen LogP contribution is 2.19. The van der Waals surface area contributed by atoms with Gasteiger partial charge in [-0.25, -0.2) is 0 Å². The van der Waals surface area contributed by atoms with Gasteiger partial charge in [0, 0.05) is 11.1 Å². The van der Waals surface area contributed by atoms with Crippen LogP contribution in [-0.2, 0) is 13.2 Å². The normalized spacial score (nSPS) is 11.7. The van der Waals surface area contributed by atoms with E-state index in [9.17, 15) is 0 Å². The molecule has 1 N–H and O–H groups in total. The lowest BCUT2D eigenvalue weighted by Crippen LogP contribution is -2.35. The van der Waals surface area contributed by atoms with Crippen molar-refractivity contribution in [2.45, 2.75) is 53.3 Å². The highest BCUT2D eigenvalue weighted by molar-refractivity contribution is 5.34. The van der Waals surface area contributed by atoms with Gasteiger partial charge in [-0.1, -0.05) is 6.07 Å². The summed E-state index contributed by atoms with van der Waals surface area (Å²) in [5.41, 5.74) is 3.68. The van der Waals surface area contributed by atoms with Gasteiger partial charge in [0.2, 0.25) is 0 Å². The first-order valence-electron chi connectivity index (χ1n) is 7.35. The van der Waals surface area contributed by atoms with E-state index in [0.29, 0.717) is 13.2 Å². The van der Waals surface area contributed by atoms with Crippen LogP contribution in [0.5, 0.6) is 5.75 Å². The van der Waals surface area contributed by atoms with Gasteiger partial charge in [0.1, 0.15) is 18.1 Å². The molecule has 2 rings (SSSR count). The van der Waals surface area contributed by atoms with Gasteiger partial charge in [0.05, 0.1) is 12.8 Å². The van der Waals surface area contributed by atoms with Gasteiger partial charge in [-0.05, 0) is 63.9 Å². The van der Waals surface area contributed by atoms with E-state index in [2.05, 4.69) is 52.1 Å². The third-order valence-corrected chi connectivity index (χ3v) is 3.49. The maximum Gasteiger partial charge on any atom is 0.124 e. The number of nitrogens with one attached hydrogen (secondary N) is 1. The zero-order chi connectivity index (χ0) is 15.5. The molecular weight excluding hydrogens is 262 g/mol. The summed E-state index contributed by atoms with van der Waals surface area (Å²) in [6.45, 7) is 11.9. The second-order valence-electron chi connectivity index (χ2n) is 6.51. The summed E-state index contributed by atoms with van der Waals surface area (Å²) < 4.78 is 11.4. The highest BCUT2D eigenvalue weighted by atomic mass is 16.5. The minimum absolute atomic E-state index is 0.0684. The van der Waals surface area contributed by atoms with Crippen LogP contribution in [0, 0.1) is 13.8 Å². The Morgan fingerprint density at radius 2 is 1.86 bits per heavy atom. The molecule has 3 nitrogen and oxygen atoms in total. The van der Waals surface area contributed by atoms with Gasteiger partial charge in [0.25, 0.3) is 0 Å². The molecule has 21 heavy (non-hydrogen) atoms. The molecule has 0 fully saturated rings. The first-order valence-corrected chi connectivity index (χ1v) is 7.35. The Labute approximate surface area is 127 Å². The van der Waals surface area contributed by atoms with Gasteiger partial charge >= 0.3 is 0 Å². The van der Waals surface area contributed by atoms with Crippen molar-refractivity contribution in [1.82, 2.24) is 5.32 Å². The molecule has 0 saturated carbocycles. The average Bonchev–Trinajstić information content (AvgIpc) is 2.84. The van der Waals surface area contributed by atoms with E-state index in [-0.39, 0.29) is 5.54 Å². The monoisotopic (exact) mass is 287 g/mol. The number of furan rings is 1. The fourth-order valence-corrected chi connectivity index (χ4v) is 1.96. The largest absolute Gasteiger partial charge is 0.489 e. The van der Waals surface area contributed by atoms with Gasteiger partial charge in [-0.3, -0.25) is 0 Å². The van der Waals surface area contributed by atoms with Crippen molar-refractivity contribution in [3.63, 3.8) is 0 Å². The van der Waals surface area contributed by atoms with E-state index in [1.54, 1.807) is 6.26 Å². The Hall–Kier alpha value is -1.74. The molecule has 1 heterocycles. The van der Waals surface area contributed by atoms with E-state index in [1.807, 2.05) is 12.1 Å². The van der Waals surface area contributed by atoms with Crippen molar-refractivity contribution in [1.29, 1.82) is 0 Å². The Morgan fingerprint density at radius 1 is 1.10 bits per heavy atom.